The van der Waals surface area contributed by atoms with Gasteiger partial charge in [-0.25, -0.2) is 0 Å². The monoisotopic (exact) mass is 412 g/mol. The maximum absolute atomic E-state index is 12.4. The van der Waals surface area contributed by atoms with Gasteiger partial charge in [0.2, 0.25) is 5.91 Å². The summed E-state index contributed by atoms with van der Waals surface area (Å²) in [5.41, 5.74) is 2.43. The molecule has 7 heteroatoms. The molecule has 154 valence electrons. The van der Waals surface area contributed by atoms with E-state index >= 15 is 0 Å². The molecule has 2 heterocycles. The molecule has 0 aliphatic rings. The van der Waals surface area contributed by atoms with Crippen molar-refractivity contribution in [2.24, 2.45) is 5.92 Å². The summed E-state index contributed by atoms with van der Waals surface area (Å²) in [6.07, 6.45) is 2.68. The van der Waals surface area contributed by atoms with Crippen LogP contribution in [0.2, 0.25) is 0 Å². The molecule has 0 aliphatic carbocycles. The van der Waals surface area contributed by atoms with Crippen molar-refractivity contribution in [3.63, 3.8) is 0 Å². The molecule has 0 saturated heterocycles. The van der Waals surface area contributed by atoms with Crippen LogP contribution in [-0.4, -0.2) is 26.4 Å². The number of furan rings is 1. The first kappa shape index (κ1) is 21.2. The Hall–Kier alpha value is -2.54. The van der Waals surface area contributed by atoms with Gasteiger partial charge in [0.15, 0.2) is 16.7 Å². The van der Waals surface area contributed by atoms with Crippen molar-refractivity contribution in [3.05, 3.63) is 53.8 Å². The molecule has 0 saturated carbocycles. The van der Waals surface area contributed by atoms with Crippen molar-refractivity contribution in [2.45, 2.75) is 51.9 Å². The van der Waals surface area contributed by atoms with Crippen LogP contribution in [0.3, 0.4) is 0 Å². The average Bonchev–Trinajstić information content (AvgIpc) is 3.35. The van der Waals surface area contributed by atoms with Gasteiger partial charge in [-0.3, -0.25) is 9.36 Å². The molecule has 0 fully saturated rings. The Balaban J connectivity index is 1.56. The lowest BCUT2D eigenvalue weighted by Gasteiger charge is -2.15. The van der Waals surface area contributed by atoms with E-state index in [-0.39, 0.29) is 17.7 Å². The second kappa shape index (κ2) is 9.78. The number of rotatable bonds is 9. The van der Waals surface area contributed by atoms with Crippen molar-refractivity contribution in [1.29, 1.82) is 0 Å². The minimum atomic E-state index is -0.0427. The Kier molecular flexibility index (Phi) is 7.14. The SMILES string of the molecule is CCn1c(SCC(=O)NC(C)c2ccc(CC(C)C)cc2)nnc1-c1ccco1. The molecule has 1 unspecified atom stereocenters. The Bertz CT molecular complexity index is 917. The third-order valence-corrected chi connectivity index (χ3v) is 5.57. The van der Waals surface area contributed by atoms with Crippen molar-refractivity contribution in [2.75, 3.05) is 5.75 Å². The Labute approximate surface area is 176 Å². The largest absolute Gasteiger partial charge is 0.461 e. The molecule has 2 aromatic heterocycles. The Morgan fingerprint density at radius 1 is 1.17 bits per heavy atom. The summed E-state index contributed by atoms with van der Waals surface area (Å²) in [4.78, 5) is 12.4. The molecule has 29 heavy (non-hydrogen) atoms. The van der Waals surface area contributed by atoms with Crippen LogP contribution in [0.15, 0.2) is 52.2 Å². The number of nitrogens with one attached hydrogen (secondary N) is 1. The van der Waals surface area contributed by atoms with E-state index in [1.54, 1.807) is 6.26 Å². The van der Waals surface area contributed by atoms with Gasteiger partial charge in [-0.05, 0) is 49.4 Å². The molecule has 0 radical (unpaired) electrons. The Morgan fingerprint density at radius 2 is 1.93 bits per heavy atom. The first-order chi connectivity index (χ1) is 14.0. The summed E-state index contributed by atoms with van der Waals surface area (Å²) in [5, 5.41) is 12.2. The van der Waals surface area contributed by atoms with Gasteiger partial charge < -0.3 is 9.73 Å². The van der Waals surface area contributed by atoms with Gasteiger partial charge in [0.05, 0.1) is 18.1 Å². The number of hydrogen-bond donors (Lipinski definition) is 1. The number of carbonyl (C=O) groups excluding carboxylic acids is 1. The fraction of sp³-hybridized carbons (Fsp3) is 0.409. The van der Waals surface area contributed by atoms with E-state index < -0.39 is 0 Å². The van der Waals surface area contributed by atoms with Crippen molar-refractivity contribution in [3.8, 4) is 11.6 Å². The van der Waals surface area contributed by atoms with Crippen LogP contribution >= 0.6 is 11.8 Å². The molecule has 1 aromatic carbocycles. The van der Waals surface area contributed by atoms with Gasteiger partial charge in [-0.1, -0.05) is 49.9 Å². The molecule has 1 amide bonds. The summed E-state index contributed by atoms with van der Waals surface area (Å²) in [7, 11) is 0. The fourth-order valence-electron chi connectivity index (χ4n) is 3.18. The van der Waals surface area contributed by atoms with Crippen LogP contribution in [0.4, 0.5) is 0 Å². The lowest BCUT2D eigenvalue weighted by Crippen LogP contribution is -2.28. The quantitative estimate of drug-likeness (QED) is 0.515. The predicted octanol–water partition coefficient (Wildman–Crippen LogP) is 4.73. The average molecular weight is 413 g/mol. The maximum Gasteiger partial charge on any atom is 0.230 e. The number of benzene rings is 1. The number of carbonyl (C=O) groups is 1. The van der Waals surface area contributed by atoms with E-state index in [0.29, 0.717) is 29.2 Å². The third-order valence-electron chi connectivity index (χ3n) is 4.61. The van der Waals surface area contributed by atoms with Crippen molar-refractivity contribution < 1.29 is 9.21 Å². The third kappa shape index (κ3) is 5.50. The molecule has 0 aliphatic heterocycles. The van der Waals surface area contributed by atoms with Gasteiger partial charge in [0, 0.05) is 6.54 Å². The fourth-order valence-corrected chi connectivity index (χ4v) is 3.99. The van der Waals surface area contributed by atoms with Crippen LogP contribution in [0.25, 0.3) is 11.6 Å². The summed E-state index contributed by atoms with van der Waals surface area (Å²) in [6.45, 7) is 9.15. The summed E-state index contributed by atoms with van der Waals surface area (Å²) in [5.74, 6) is 2.24. The van der Waals surface area contributed by atoms with Crippen molar-refractivity contribution in [1.82, 2.24) is 20.1 Å². The van der Waals surface area contributed by atoms with Crippen molar-refractivity contribution >= 4 is 17.7 Å². The van der Waals surface area contributed by atoms with E-state index in [2.05, 4.69) is 53.6 Å². The zero-order valence-corrected chi connectivity index (χ0v) is 18.2. The van der Waals surface area contributed by atoms with E-state index in [1.165, 1.54) is 17.3 Å². The molecule has 3 rings (SSSR count). The number of thioether (sulfide) groups is 1. The summed E-state index contributed by atoms with van der Waals surface area (Å²) < 4.78 is 7.37. The minimum Gasteiger partial charge on any atom is -0.461 e. The Morgan fingerprint density at radius 3 is 2.55 bits per heavy atom. The van der Waals surface area contributed by atoms with Crippen LogP contribution in [0.1, 0.15) is 44.9 Å². The van der Waals surface area contributed by atoms with Gasteiger partial charge in [-0.2, -0.15) is 0 Å². The molecule has 1 atom stereocenters. The van der Waals surface area contributed by atoms with Gasteiger partial charge >= 0.3 is 0 Å². The second-order valence-corrected chi connectivity index (χ2v) is 8.39. The molecule has 6 nitrogen and oxygen atoms in total. The lowest BCUT2D eigenvalue weighted by atomic mass is 10.00. The number of amides is 1. The maximum atomic E-state index is 12.4. The minimum absolute atomic E-state index is 0.0287. The number of aromatic nitrogens is 3. The number of nitrogens with zero attached hydrogens (tertiary/aromatic N) is 3. The highest BCUT2D eigenvalue weighted by Gasteiger charge is 2.17. The first-order valence-corrected chi connectivity index (χ1v) is 10.9. The van der Waals surface area contributed by atoms with Crippen LogP contribution in [-0.2, 0) is 17.8 Å². The van der Waals surface area contributed by atoms with Gasteiger partial charge in [0.1, 0.15) is 0 Å². The standard InChI is InChI=1S/C22H28N4O2S/c1-5-26-21(19-7-6-12-28-19)24-25-22(26)29-14-20(27)23-16(4)18-10-8-17(9-11-18)13-15(2)3/h6-12,15-16H,5,13-14H2,1-4H3,(H,23,27). The summed E-state index contributed by atoms with van der Waals surface area (Å²) in [6, 6.07) is 12.1. The molecule has 1 N–H and O–H groups in total. The molecular formula is C22H28N4O2S. The highest BCUT2D eigenvalue weighted by atomic mass is 32.2. The lowest BCUT2D eigenvalue weighted by molar-refractivity contribution is -0.119. The number of hydrogen-bond acceptors (Lipinski definition) is 5. The van der Waals surface area contributed by atoms with E-state index in [4.69, 9.17) is 4.42 Å². The van der Waals surface area contributed by atoms with E-state index in [9.17, 15) is 4.79 Å². The zero-order valence-electron chi connectivity index (χ0n) is 17.4. The first-order valence-electron chi connectivity index (χ1n) is 9.96. The topological polar surface area (TPSA) is 73.0 Å². The second-order valence-electron chi connectivity index (χ2n) is 7.45. The normalized spacial score (nSPS) is 12.3. The molecule has 0 bridgehead atoms. The zero-order chi connectivity index (χ0) is 20.8. The molecule has 0 spiro atoms. The highest BCUT2D eigenvalue weighted by molar-refractivity contribution is 7.99. The van der Waals surface area contributed by atoms with E-state index in [0.717, 1.165) is 12.0 Å². The molecular weight excluding hydrogens is 384 g/mol. The van der Waals surface area contributed by atoms with Crippen LogP contribution < -0.4 is 5.32 Å². The predicted molar refractivity (Wildman–Crippen MR) is 116 cm³/mol. The smallest absolute Gasteiger partial charge is 0.230 e. The van der Waals surface area contributed by atoms with Gasteiger partial charge in [-0.15, -0.1) is 10.2 Å². The molecule has 3 aromatic rings. The van der Waals surface area contributed by atoms with Crippen LogP contribution in [0, 0.1) is 5.92 Å². The van der Waals surface area contributed by atoms with E-state index in [1.807, 2.05) is 30.5 Å². The summed E-state index contributed by atoms with van der Waals surface area (Å²) >= 11 is 1.38. The highest BCUT2D eigenvalue weighted by Crippen LogP contribution is 2.24. The van der Waals surface area contributed by atoms with Gasteiger partial charge in [0.25, 0.3) is 0 Å². The van der Waals surface area contributed by atoms with Crippen LogP contribution in [0.5, 0.6) is 0 Å².